The van der Waals surface area contributed by atoms with Crippen molar-refractivity contribution in [2.45, 2.75) is 38.6 Å². The first-order valence-corrected chi connectivity index (χ1v) is 10.1. The Morgan fingerprint density at radius 2 is 2.10 bits per heavy atom. The van der Waals surface area contributed by atoms with Gasteiger partial charge in [-0.05, 0) is 56.1 Å². The second-order valence-corrected chi connectivity index (χ2v) is 7.70. The molecule has 0 bridgehead atoms. The standard InChI is InChI=1S/C23H29N5O3/c1-14-19(18-4-3-5-20(25)22(18)31-14)12-28(2)21(30)9-6-15-10-16(23(26)27-11-15)7-8-17(24)13-29/h3-6,9-11,13,17,21,30H,7-8,12,24-25H2,1-2H3,(H2,26,27)/b9-6+. The highest BCUT2D eigenvalue weighted by Gasteiger charge is 2.17. The minimum absolute atomic E-state index is 0.412. The van der Waals surface area contributed by atoms with Crippen molar-refractivity contribution in [2.24, 2.45) is 5.73 Å². The summed E-state index contributed by atoms with van der Waals surface area (Å²) in [7, 11) is 1.83. The Bertz CT molecular complexity index is 1090. The van der Waals surface area contributed by atoms with Gasteiger partial charge in [-0.3, -0.25) is 4.90 Å². The van der Waals surface area contributed by atoms with Crippen LogP contribution >= 0.6 is 0 Å². The number of benzene rings is 1. The van der Waals surface area contributed by atoms with Crippen LogP contribution in [0.25, 0.3) is 17.0 Å². The lowest BCUT2D eigenvalue weighted by molar-refractivity contribution is -0.109. The topological polar surface area (TPSA) is 145 Å². The zero-order chi connectivity index (χ0) is 22.5. The maximum atomic E-state index is 10.7. The molecule has 7 N–H and O–H groups in total. The number of pyridine rings is 1. The second kappa shape index (κ2) is 9.74. The van der Waals surface area contributed by atoms with Crippen molar-refractivity contribution in [2.75, 3.05) is 18.5 Å². The molecule has 0 fully saturated rings. The minimum Gasteiger partial charge on any atom is -0.459 e. The number of aliphatic hydroxyl groups is 1. The number of aromatic nitrogens is 1. The number of rotatable bonds is 9. The van der Waals surface area contributed by atoms with Crippen LogP contribution in [0.4, 0.5) is 11.5 Å². The molecule has 0 saturated carbocycles. The van der Waals surface area contributed by atoms with E-state index in [1.165, 1.54) is 0 Å². The number of hydrogen-bond acceptors (Lipinski definition) is 8. The van der Waals surface area contributed by atoms with Crippen LogP contribution in [-0.4, -0.2) is 40.6 Å². The number of anilines is 2. The summed E-state index contributed by atoms with van der Waals surface area (Å²) in [5.74, 6) is 1.19. The molecule has 0 aliphatic heterocycles. The molecule has 3 aromatic rings. The number of likely N-dealkylation sites (N-methyl/N-ethyl adjacent to an activating group) is 1. The van der Waals surface area contributed by atoms with Gasteiger partial charge in [-0.1, -0.05) is 18.2 Å². The monoisotopic (exact) mass is 423 g/mol. The van der Waals surface area contributed by atoms with E-state index in [4.69, 9.17) is 21.6 Å². The zero-order valence-corrected chi connectivity index (χ0v) is 17.8. The van der Waals surface area contributed by atoms with E-state index in [-0.39, 0.29) is 0 Å². The second-order valence-electron chi connectivity index (χ2n) is 7.70. The molecule has 0 saturated heterocycles. The van der Waals surface area contributed by atoms with Gasteiger partial charge in [0.15, 0.2) is 5.58 Å². The van der Waals surface area contributed by atoms with Crippen molar-refractivity contribution in [1.29, 1.82) is 0 Å². The van der Waals surface area contributed by atoms with Gasteiger partial charge in [0.25, 0.3) is 0 Å². The summed E-state index contributed by atoms with van der Waals surface area (Å²) in [4.78, 5) is 16.7. The first-order chi connectivity index (χ1) is 14.8. The maximum absolute atomic E-state index is 10.7. The number of hydrogen-bond donors (Lipinski definition) is 4. The van der Waals surface area contributed by atoms with Crippen LogP contribution in [0.5, 0.6) is 0 Å². The molecule has 164 valence electrons. The maximum Gasteiger partial charge on any atom is 0.157 e. The number of nitrogens with zero attached hydrogens (tertiary/aromatic N) is 2. The Labute approximate surface area is 181 Å². The molecule has 8 nitrogen and oxygen atoms in total. The molecule has 2 heterocycles. The van der Waals surface area contributed by atoms with Crippen LogP contribution < -0.4 is 17.2 Å². The molecule has 0 radical (unpaired) electrons. The summed E-state index contributed by atoms with van der Waals surface area (Å²) < 4.78 is 5.81. The van der Waals surface area contributed by atoms with Crippen molar-refractivity contribution in [3.05, 3.63) is 59.0 Å². The zero-order valence-electron chi connectivity index (χ0n) is 17.8. The van der Waals surface area contributed by atoms with Crippen LogP contribution in [0, 0.1) is 6.92 Å². The number of para-hydroxylation sites is 1. The summed E-state index contributed by atoms with van der Waals surface area (Å²) in [6.07, 6.45) is 6.05. The average molecular weight is 424 g/mol. The van der Waals surface area contributed by atoms with Gasteiger partial charge >= 0.3 is 0 Å². The summed E-state index contributed by atoms with van der Waals surface area (Å²) in [6, 6.07) is 7.02. The van der Waals surface area contributed by atoms with Crippen LogP contribution in [0.3, 0.4) is 0 Å². The van der Waals surface area contributed by atoms with Crippen LogP contribution in [-0.2, 0) is 17.8 Å². The summed E-state index contributed by atoms with van der Waals surface area (Å²) in [5.41, 5.74) is 21.5. The van der Waals surface area contributed by atoms with Crippen LogP contribution in [0.15, 0.2) is 41.0 Å². The third kappa shape index (κ3) is 5.29. The van der Waals surface area contributed by atoms with Gasteiger partial charge in [-0.25, -0.2) is 4.98 Å². The fraction of sp³-hybridized carbons (Fsp3) is 0.304. The SMILES string of the molecule is Cc1oc2c(N)cccc2c1CN(C)C(O)/C=C/c1cnc(N)c(CCC(N)C=O)c1. The summed E-state index contributed by atoms with van der Waals surface area (Å²) in [5, 5.41) is 11.6. The predicted molar refractivity (Wildman–Crippen MR) is 123 cm³/mol. The highest BCUT2D eigenvalue weighted by atomic mass is 16.3. The van der Waals surface area contributed by atoms with Crippen molar-refractivity contribution in [1.82, 2.24) is 9.88 Å². The van der Waals surface area contributed by atoms with Gasteiger partial charge in [0, 0.05) is 23.7 Å². The van der Waals surface area contributed by atoms with E-state index in [2.05, 4.69) is 4.98 Å². The van der Waals surface area contributed by atoms with Gasteiger partial charge in [0.05, 0.1) is 11.7 Å². The first-order valence-electron chi connectivity index (χ1n) is 10.1. The number of aryl methyl sites for hydroxylation is 2. The van der Waals surface area contributed by atoms with Crippen molar-refractivity contribution >= 4 is 34.8 Å². The largest absolute Gasteiger partial charge is 0.459 e. The molecule has 2 unspecified atom stereocenters. The Hall–Kier alpha value is -3.20. The highest BCUT2D eigenvalue weighted by Crippen LogP contribution is 2.30. The third-order valence-electron chi connectivity index (χ3n) is 5.32. The third-order valence-corrected chi connectivity index (χ3v) is 5.32. The van der Waals surface area contributed by atoms with Gasteiger partial charge < -0.3 is 31.5 Å². The average Bonchev–Trinajstić information content (AvgIpc) is 3.08. The quantitative estimate of drug-likeness (QED) is 0.233. The smallest absolute Gasteiger partial charge is 0.157 e. The number of aldehydes is 1. The number of aliphatic hydroxyl groups excluding tert-OH is 1. The lowest BCUT2D eigenvalue weighted by Gasteiger charge is -2.20. The number of fused-ring (bicyclic) bond motifs is 1. The molecule has 1 aromatic carbocycles. The number of nitrogens with two attached hydrogens (primary N) is 3. The summed E-state index contributed by atoms with van der Waals surface area (Å²) in [6.45, 7) is 2.38. The van der Waals surface area contributed by atoms with E-state index in [1.807, 2.05) is 32.2 Å². The lowest BCUT2D eigenvalue weighted by atomic mass is 10.1. The molecule has 3 rings (SSSR count). The Morgan fingerprint density at radius 1 is 1.32 bits per heavy atom. The fourth-order valence-electron chi connectivity index (χ4n) is 3.42. The number of carbonyl (C=O) groups is 1. The van der Waals surface area contributed by atoms with Crippen LogP contribution in [0.2, 0.25) is 0 Å². The highest BCUT2D eigenvalue weighted by molar-refractivity contribution is 5.91. The summed E-state index contributed by atoms with van der Waals surface area (Å²) >= 11 is 0. The molecule has 2 aromatic heterocycles. The lowest BCUT2D eigenvalue weighted by Crippen LogP contribution is -2.29. The molecular formula is C23H29N5O3. The van der Waals surface area contributed by atoms with E-state index < -0.39 is 12.3 Å². The predicted octanol–water partition coefficient (Wildman–Crippen LogP) is 2.22. The molecule has 2 atom stereocenters. The number of nitrogen functional groups attached to an aromatic ring is 2. The molecule has 0 aliphatic carbocycles. The van der Waals surface area contributed by atoms with Crippen molar-refractivity contribution < 1.29 is 14.3 Å². The first kappa shape index (κ1) is 22.5. The Morgan fingerprint density at radius 3 is 2.84 bits per heavy atom. The van der Waals surface area contributed by atoms with E-state index in [1.54, 1.807) is 29.3 Å². The number of furan rings is 1. The van der Waals surface area contributed by atoms with Gasteiger partial charge in [0.1, 0.15) is 24.1 Å². The fourth-order valence-corrected chi connectivity index (χ4v) is 3.42. The van der Waals surface area contributed by atoms with Gasteiger partial charge in [-0.2, -0.15) is 0 Å². The minimum atomic E-state index is -0.824. The molecule has 0 spiro atoms. The molecule has 0 aliphatic rings. The Balaban J connectivity index is 1.70. The van der Waals surface area contributed by atoms with E-state index in [9.17, 15) is 9.90 Å². The van der Waals surface area contributed by atoms with E-state index in [0.29, 0.717) is 36.5 Å². The van der Waals surface area contributed by atoms with Crippen molar-refractivity contribution in [3.63, 3.8) is 0 Å². The van der Waals surface area contributed by atoms with Crippen LogP contribution in [0.1, 0.15) is 28.9 Å². The molecular weight excluding hydrogens is 394 g/mol. The Kier molecular flexibility index (Phi) is 7.06. The van der Waals surface area contributed by atoms with E-state index in [0.717, 1.165) is 34.1 Å². The van der Waals surface area contributed by atoms with Gasteiger partial charge in [0.2, 0.25) is 0 Å². The number of carbonyl (C=O) groups excluding carboxylic acids is 1. The normalized spacial score (nSPS) is 13.8. The molecule has 0 amide bonds. The molecule has 8 heteroatoms. The van der Waals surface area contributed by atoms with E-state index >= 15 is 0 Å². The van der Waals surface area contributed by atoms with Gasteiger partial charge in [-0.15, -0.1) is 0 Å². The molecule has 31 heavy (non-hydrogen) atoms. The van der Waals surface area contributed by atoms with Crippen molar-refractivity contribution in [3.8, 4) is 0 Å².